The maximum absolute atomic E-state index is 12.4. The minimum atomic E-state index is -0.122. The zero-order valence-corrected chi connectivity index (χ0v) is 12.0. The fourth-order valence-electron chi connectivity index (χ4n) is 1.91. The van der Waals surface area contributed by atoms with Gasteiger partial charge in [0.1, 0.15) is 5.69 Å². The lowest BCUT2D eigenvalue weighted by molar-refractivity contribution is 0.0988. The van der Waals surface area contributed by atoms with Crippen molar-refractivity contribution in [1.82, 2.24) is 4.98 Å². The SMILES string of the molecule is CC(C)Nc1ccnc(C(=O)N(C)c2ccccc2)c1. The average molecular weight is 269 g/mol. The first kappa shape index (κ1) is 14.1. The Balaban J connectivity index is 2.21. The molecule has 104 valence electrons. The molecule has 1 N–H and O–H groups in total. The Morgan fingerprint density at radius 3 is 2.55 bits per heavy atom. The Bertz CT molecular complexity index is 581. The Hall–Kier alpha value is -2.36. The molecule has 0 fully saturated rings. The fraction of sp³-hybridized carbons (Fsp3) is 0.250. The number of pyridine rings is 1. The summed E-state index contributed by atoms with van der Waals surface area (Å²) in [5.74, 6) is -0.122. The predicted molar refractivity (Wildman–Crippen MR) is 82.2 cm³/mol. The van der Waals surface area contributed by atoms with Gasteiger partial charge in [-0.05, 0) is 38.1 Å². The molecule has 1 heterocycles. The van der Waals surface area contributed by atoms with Crippen LogP contribution in [-0.2, 0) is 0 Å². The molecule has 1 aromatic heterocycles. The molecule has 0 aliphatic heterocycles. The van der Waals surface area contributed by atoms with Crippen molar-refractivity contribution in [3.8, 4) is 0 Å². The van der Waals surface area contributed by atoms with Crippen LogP contribution in [0, 0.1) is 0 Å². The molecule has 4 heteroatoms. The molecule has 0 saturated heterocycles. The lowest BCUT2D eigenvalue weighted by Gasteiger charge is -2.17. The molecule has 0 atom stereocenters. The third-order valence-corrected chi connectivity index (χ3v) is 2.88. The summed E-state index contributed by atoms with van der Waals surface area (Å²) in [5.41, 5.74) is 2.18. The first-order valence-electron chi connectivity index (χ1n) is 6.63. The summed E-state index contributed by atoms with van der Waals surface area (Å²) in [5, 5.41) is 3.27. The number of anilines is 2. The molecule has 1 amide bonds. The zero-order chi connectivity index (χ0) is 14.5. The zero-order valence-electron chi connectivity index (χ0n) is 12.0. The van der Waals surface area contributed by atoms with Gasteiger partial charge in [0, 0.05) is 30.7 Å². The van der Waals surface area contributed by atoms with Crippen LogP contribution in [0.15, 0.2) is 48.7 Å². The molecule has 4 nitrogen and oxygen atoms in total. The van der Waals surface area contributed by atoms with Crippen molar-refractivity contribution in [1.29, 1.82) is 0 Å². The van der Waals surface area contributed by atoms with Gasteiger partial charge in [-0.15, -0.1) is 0 Å². The number of hydrogen-bond acceptors (Lipinski definition) is 3. The van der Waals surface area contributed by atoms with Crippen molar-refractivity contribution in [2.24, 2.45) is 0 Å². The number of hydrogen-bond donors (Lipinski definition) is 1. The van der Waals surface area contributed by atoms with Crippen LogP contribution >= 0.6 is 0 Å². The minimum absolute atomic E-state index is 0.122. The van der Waals surface area contributed by atoms with E-state index in [9.17, 15) is 4.79 Å². The van der Waals surface area contributed by atoms with Crippen LogP contribution < -0.4 is 10.2 Å². The van der Waals surface area contributed by atoms with Gasteiger partial charge in [-0.2, -0.15) is 0 Å². The largest absolute Gasteiger partial charge is 0.383 e. The smallest absolute Gasteiger partial charge is 0.276 e. The summed E-state index contributed by atoms with van der Waals surface area (Å²) in [6.45, 7) is 4.11. The highest BCUT2D eigenvalue weighted by molar-refractivity contribution is 6.04. The van der Waals surface area contributed by atoms with E-state index in [1.807, 2.05) is 36.4 Å². The second-order valence-electron chi connectivity index (χ2n) is 4.93. The van der Waals surface area contributed by atoms with Gasteiger partial charge < -0.3 is 10.2 Å². The number of benzene rings is 1. The summed E-state index contributed by atoms with van der Waals surface area (Å²) in [6.07, 6.45) is 1.65. The van der Waals surface area contributed by atoms with E-state index in [0.717, 1.165) is 11.4 Å². The van der Waals surface area contributed by atoms with Gasteiger partial charge in [0.05, 0.1) is 0 Å². The highest BCUT2D eigenvalue weighted by Crippen LogP contribution is 2.16. The summed E-state index contributed by atoms with van der Waals surface area (Å²) in [6, 6.07) is 13.5. The molecule has 0 bridgehead atoms. The van der Waals surface area contributed by atoms with Crippen LogP contribution in [0.1, 0.15) is 24.3 Å². The molecule has 2 aromatic rings. The normalized spacial score (nSPS) is 10.4. The number of carbonyl (C=O) groups is 1. The Morgan fingerprint density at radius 1 is 1.20 bits per heavy atom. The van der Waals surface area contributed by atoms with Crippen LogP contribution in [0.2, 0.25) is 0 Å². The molecular weight excluding hydrogens is 250 g/mol. The minimum Gasteiger partial charge on any atom is -0.383 e. The monoisotopic (exact) mass is 269 g/mol. The molecule has 2 rings (SSSR count). The van der Waals surface area contributed by atoms with E-state index in [-0.39, 0.29) is 5.91 Å². The van der Waals surface area contributed by atoms with Gasteiger partial charge in [-0.1, -0.05) is 18.2 Å². The molecule has 20 heavy (non-hydrogen) atoms. The van der Waals surface area contributed by atoms with Gasteiger partial charge in [0.2, 0.25) is 0 Å². The van der Waals surface area contributed by atoms with Gasteiger partial charge in [0.15, 0.2) is 0 Å². The quantitative estimate of drug-likeness (QED) is 0.927. The first-order chi connectivity index (χ1) is 9.58. The van der Waals surface area contributed by atoms with E-state index in [1.165, 1.54) is 0 Å². The molecular formula is C16H19N3O. The Morgan fingerprint density at radius 2 is 1.90 bits per heavy atom. The molecule has 0 radical (unpaired) electrons. The maximum Gasteiger partial charge on any atom is 0.276 e. The van der Waals surface area contributed by atoms with Crippen molar-refractivity contribution in [3.05, 3.63) is 54.4 Å². The lowest BCUT2D eigenvalue weighted by Crippen LogP contribution is -2.27. The van der Waals surface area contributed by atoms with Crippen LogP contribution in [0.5, 0.6) is 0 Å². The van der Waals surface area contributed by atoms with Crippen LogP contribution in [0.25, 0.3) is 0 Å². The number of nitrogens with one attached hydrogen (secondary N) is 1. The van der Waals surface area contributed by atoms with Crippen molar-refractivity contribution < 1.29 is 4.79 Å². The molecule has 0 saturated carbocycles. The molecule has 0 aliphatic rings. The average Bonchev–Trinajstić information content (AvgIpc) is 2.46. The summed E-state index contributed by atoms with van der Waals surface area (Å²) < 4.78 is 0. The van der Waals surface area contributed by atoms with E-state index in [1.54, 1.807) is 24.2 Å². The standard InChI is InChI=1S/C16H19N3O/c1-12(2)18-13-9-10-17-15(11-13)16(20)19(3)14-7-5-4-6-8-14/h4-12H,1-3H3,(H,17,18). The van der Waals surface area contributed by atoms with E-state index < -0.39 is 0 Å². The van der Waals surface area contributed by atoms with Crippen LogP contribution in [0.3, 0.4) is 0 Å². The van der Waals surface area contributed by atoms with Gasteiger partial charge in [-0.3, -0.25) is 9.78 Å². The third-order valence-electron chi connectivity index (χ3n) is 2.88. The van der Waals surface area contributed by atoms with Crippen molar-refractivity contribution in [2.75, 3.05) is 17.3 Å². The second-order valence-corrected chi connectivity index (χ2v) is 4.93. The number of rotatable bonds is 4. The highest BCUT2D eigenvalue weighted by Gasteiger charge is 2.15. The van der Waals surface area contributed by atoms with E-state index >= 15 is 0 Å². The summed E-state index contributed by atoms with van der Waals surface area (Å²) >= 11 is 0. The van der Waals surface area contributed by atoms with Gasteiger partial charge in [0.25, 0.3) is 5.91 Å². The van der Waals surface area contributed by atoms with Crippen LogP contribution in [0.4, 0.5) is 11.4 Å². The van der Waals surface area contributed by atoms with Gasteiger partial charge >= 0.3 is 0 Å². The van der Waals surface area contributed by atoms with E-state index in [4.69, 9.17) is 0 Å². The number of para-hydroxylation sites is 1. The van der Waals surface area contributed by atoms with Crippen LogP contribution in [-0.4, -0.2) is 24.0 Å². The van der Waals surface area contributed by atoms with E-state index in [2.05, 4.69) is 24.1 Å². The number of nitrogens with zero attached hydrogens (tertiary/aromatic N) is 2. The molecule has 0 aliphatic carbocycles. The van der Waals surface area contributed by atoms with Crippen molar-refractivity contribution >= 4 is 17.3 Å². The molecule has 0 spiro atoms. The summed E-state index contributed by atoms with van der Waals surface area (Å²) in [4.78, 5) is 18.2. The van der Waals surface area contributed by atoms with E-state index in [0.29, 0.717) is 11.7 Å². The van der Waals surface area contributed by atoms with Crippen molar-refractivity contribution in [3.63, 3.8) is 0 Å². The molecule has 0 unspecified atom stereocenters. The molecule has 1 aromatic carbocycles. The van der Waals surface area contributed by atoms with Gasteiger partial charge in [-0.25, -0.2) is 0 Å². The maximum atomic E-state index is 12.4. The third kappa shape index (κ3) is 3.35. The van der Waals surface area contributed by atoms with Crippen molar-refractivity contribution in [2.45, 2.75) is 19.9 Å². The first-order valence-corrected chi connectivity index (χ1v) is 6.63. The fourth-order valence-corrected chi connectivity index (χ4v) is 1.91. The number of carbonyl (C=O) groups excluding carboxylic acids is 1. The lowest BCUT2D eigenvalue weighted by atomic mass is 10.2. The Labute approximate surface area is 119 Å². The highest BCUT2D eigenvalue weighted by atomic mass is 16.2. The number of aromatic nitrogens is 1. The number of amides is 1. The summed E-state index contributed by atoms with van der Waals surface area (Å²) in [7, 11) is 1.75. The topological polar surface area (TPSA) is 45.2 Å². The second kappa shape index (κ2) is 6.19. The predicted octanol–water partition coefficient (Wildman–Crippen LogP) is 3.18. The Kier molecular flexibility index (Phi) is 4.35.